The van der Waals surface area contributed by atoms with E-state index in [2.05, 4.69) is 55.0 Å². The van der Waals surface area contributed by atoms with E-state index in [1.165, 1.54) is 5.56 Å². The van der Waals surface area contributed by atoms with E-state index in [1.54, 1.807) is 7.11 Å². The van der Waals surface area contributed by atoms with Gasteiger partial charge in [-0.3, -0.25) is 0 Å². The summed E-state index contributed by atoms with van der Waals surface area (Å²) in [5.74, 6) is 1.60. The standard InChI is InChI=1S/C15H24BrNO/c1-11(2)15(3,4)10-17-9-12-8-13(16)6-7-14(12)18-5/h6-8,11,17H,9-10H2,1-5H3. The zero-order valence-electron chi connectivity index (χ0n) is 12.0. The van der Waals surface area contributed by atoms with Crippen molar-refractivity contribution < 1.29 is 4.74 Å². The summed E-state index contributed by atoms with van der Waals surface area (Å²) in [6.45, 7) is 11.0. The van der Waals surface area contributed by atoms with Crippen LogP contribution in [0.4, 0.5) is 0 Å². The molecule has 0 radical (unpaired) electrons. The third kappa shape index (κ3) is 4.29. The van der Waals surface area contributed by atoms with Crippen LogP contribution in [0.1, 0.15) is 33.3 Å². The maximum atomic E-state index is 5.37. The summed E-state index contributed by atoms with van der Waals surface area (Å²) in [6.07, 6.45) is 0. The highest BCUT2D eigenvalue weighted by Crippen LogP contribution is 2.26. The average Bonchev–Trinajstić information content (AvgIpc) is 2.29. The van der Waals surface area contributed by atoms with Gasteiger partial charge in [0.05, 0.1) is 7.11 Å². The molecule has 0 saturated heterocycles. The van der Waals surface area contributed by atoms with E-state index in [4.69, 9.17) is 4.74 Å². The van der Waals surface area contributed by atoms with Crippen LogP contribution < -0.4 is 10.1 Å². The predicted molar refractivity (Wildman–Crippen MR) is 81.0 cm³/mol. The minimum atomic E-state index is 0.305. The maximum absolute atomic E-state index is 5.37. The lowest BCUT2D eigenvalue weighted by Gasteiger charge is -2.29. The van der Waals surface area contributed by atoms with Crippen LogP contribution in [0.3, 0.4) is 0 Å². The minimum Gasteiger partial charge on any atom is -0.496 e. The van der Waals surface area contributed by atoms with Crippen molar-refractivity contribution in [3.63, 3.8) is 0 Å². The van der Waals surface area contributed by atoms with Gasteiger partial charge in [0.2, 0.25) is 0 Å². The average molecular weight is 314 g/mol. The first-order chi connectivity index (χ1) is 8.36. The maximum Gasteiger partial charge on any atom is 0.123 e. The highest BCUT2D eigenvalue weighted by atomic mass is 79.9. The molecule has 0 fully saturated rings. The zero-order valence-corrected chi connectivity index (χ0v) is 13.6. The van der Waals surface area contributed by atoms with Gasteiger partial charge in [-0.1, -0.05) is 43.6 Å². The Morgan fingerprint density at radius 1 is 1.33 bits per heavy atom. The molecule has 3 heteroatoms. The molecular weight excluding hydrogens is 290 g/mol. The number of hydrogen-bond acceptors (Lipinski definition) is 2. The molecule has 0 amide bonds. The van der Waals surface area contributed by atoms with Gasteiger partial charge in [-0.25, -0.2) is 0 Å². The first kappa shape index (κ1) is 15.5. The number of ether oxygens (including phenoxy) is 1. The van der Waals surface area contributed by atoms with Crippen LogP contribution in [-0.2, 0) is 6.54 Å². The van der Waals surface area contributed by atoms with Crippen LogP contribution in [0, 0.1) is 11.3 Å². The smallest absolute Gasteiger partial charge is 0.123 e. The Morgan fingerprint density at radius 3 is 2.56 bits per heavy atom. The second-order valence-electron chi connectivity index (χ2n) is 5.70. The monoisotopic (exact) mass is 313 g/mol. The lowest BCUT2D eigenvalue weighted by atomic mass is 9.81. The number of hydrogen-bond donors (Lipinski definition) is 1. The molecule has 102 valence electrons. The Kier molecular flexibility index (Phi) is 5.67. The Labute approximate surface area is 119 Å². The first-order valence-electron chi connectivity index (χ1n) is 6.40. The van der Waals surface area contributed by atoms with E-state index in [9.17, 15) is 0 Å². The van der Waals surface area contributed by atoms with Gasteiger partial charge < -0.3 is 10.1 Å². The zero-order chi connectivity index (χ0) is 13.8. The van der Waals surface area contributed by atoms with Crippen molar-refractivity contribution in [3.05, 3.63) is 28.2 Å². The van der Waals surface area contributed by atoms with Crippen molar-refractivity contribution in [2.75, 3.05) is 13.7 Å². The van der Waals surface area contributed by atoms with Crippen molar-refractivity contribution in [1.82, 2.24) is 5.32 Å². The highest BCUT2D eigenvalue weighted by Gasteiger charge is 2.21. The highest BCUT2D eigenvalue weighted by molar-refractivity contribution is 9.10. The van der Waals surface area contributed by atoms with Crippen molar-refractivity contribution in [2.24, 2.45) is 11.3 Å². The van der Waals surface area contributed by atoms with Gasteiger partial charge in [0.1, 0.15) is 5.75 Å². The summed E-state index contributed by atoms with van der Waals surface area (Å²) in [5.41, 5.74) is 1.49. The van der Waals surface area contributed by atoms with Crippen molar-refractivity contribution in [1.29, 1.82) is 0 Å². The van der Waals surface area contributed by atoms with E-state index >= 15 is 0 Å². The summed E-state index contributed by atoms with van der Waals surface area (Å²) in [6, 6.07) is 6.10. The molecule has 18 heavy (non-hydrogen) atoms. The molecule has 1 rings (SSSR count). The molecule has 0 unspecified atom stereocenters. The van der Waals surface area contributed by atoms with Crippen LogP contribution in [-0.4, -0.2) is 13.7 Å². The van der Waals surface area contributed by atoms with Gasteiger partial charge in [0.25, 0.3) is 0 Å². The van der Waals surface area contributed by atoms with Crippen molar-refractivity contribution in [2.45, 2.75) is 34.2 Å². The first-order valence-corrected chi connectivity index (χ1v) is 7.19. The Balaban J connectivity index is 2.61. The predicted octanol–water partition coefficient (Wildman–Crippen LogP) is 4.23. The molecule has 0 aliphatic carbocycles. The SMILES string of the molecule is COc1ccc(Br)cc1CNCC(C)(C)C(C)C. The van der Waals surface area contributed by atoms with E-state index in [-0.39, 0.29) is 0 Å². The third-order valence-electron chi connectivity index (χ3n) is 3.70. The van der Waals surface area contributed by atoms with Crippen molar-refractivity contribution in [3.8, 4) is 5.75 Å². The number of benzene rings is 1. The largest absolute Gasteiger partial charge is 0.496 e. The fourth-order valence-corrected chi connectivity index (χ4v) is 2.02. The summed E-state index contributed by atoms with van der Waals surface area (Å²) in [5, 5.41) is 3.52. The summed E-state index contributed by atoms with van der Waals surface area (Å²) in [4.78, 5) is 0. The molecule has 1 aromatic rings. The van der Waals surface area contributed by atoms with Crippen molar-refractivity contribution >= 4 is 15.9 Å². The molecule has 0 heterocycles. The number of nitrogens with one attached hydrogen (secondary N) is 1. The molecule has 2 nitrogen and oxygen atoms in total. The van der Waals surface area contributed by atoms with Gasteiger partial charge in [0, 0.05) is 23.1 Å². The molecule has 0 atom stereocenters. The van der Waals surface area contributed by atoms with Gasteiger partial charge in [-0.05, 0) is 29.5 Å². The molecule has 0 aromatic heterocycles. The molecule has 0 aliphatic rings. The van der Waals surface area contributed by atoms with E-state index in [0.29, 0.717) is 11.3 Å². The molecule has 0 aliphatic heterocycles. The number of methoxy groups -OCH3 is 1. The van der Waals surface area contributed by atoms with Crippen LogP contribution in [0.15, 0.2) is 22.7 Å². The normalized spacial score (nSPS) is 11.9. The second kappa shape index (κ2) is 6.58. The van der Waals surface area contributed by atoms with E-state index in [1.807, 2.05) is 12.1 Å². The summed E-state index contributed by atoms with van der Waals surface area (Å²) >= 11 is 3.50. The van der Waals surface area contributed by atoms with Crippen LogP contribution in [0.2, 0.25) is 0 Å². The summed E-state index contributed by atoms with van der Waals surface area (Å²) in [7, 11) is 1.71. The lowest BCUT2D eigenvalue weighted by molar-refractivity contribution is 0.237. The fourth-order valence-electron chi connectivity index (χ4n) is 1.61. The Bertz CT molecular complexity index is 388. The lowest BCUT2D eigenvalue weighted by Crippen LogP contribution is -2.33. The van der Waals surface area contributed by atoms with Gasteiger partial charge in [0.15, 0.2) is 0 Å². The Hall–Kier alpha value is -0.540. The van der Waals surface area contributed by atoms with Crippen LogP contribution >= 0.6 is 15.9 Å². The van der Waals surface area contributed by atoms with Gasteiger partial charge >= 0.3 is 0 Å². The van der Waals surface area contributed by atoms with Crippen LogP contribution in [0.5, 0.6) is 5.75 Å². The fraction of sp³-hybridized carbons (Fsp3) is 0.600. The molecule has 0 saturated carbocycles. The molecule has 0 spiro atoms. The molecule has 1 aromatic carbocycles. The topological polar surface area (TPSA) is 21.3 Å². The summed E-state index contributed by atoms with van der Waals surface area (Å²) < 4.78 is 6.46. The molecular formula is C15H24BrNO. The minimum absolute atomic E-state index is 0.305. The van der Waals surface area contributed by atoms with Gasteiger partial charge in [-0.2, -0.15) is 0 Å². The number of halogens is 1. The van der Waals surface area contributed by atoms with E-state index in [0.717, 1.165) is 23.3 Å². The van der Waals surface area contributed by atoms with Crippen LogP contribution in [0.25, 0.3) is 0 Å². The second-order valence-corrected chi connectivity index (χ2v) is 6.62. The molecule has 0 bridgehead atoms. The third-order valence-corrected chi connectivity index (χ3v) is 4.19. The Morgan fingerprint density at radius 2 is 2.00 bits per heavy atom. The van der Waals surface area contributed by atoms with E-state index < -0.39 is 0 Å². The number of rotatable bonds is 6. The quantitative estimate of drug-likeness (QED) is 0.848. The van der Waals surface area contributed by atoms with Gasteiger partial charge in [-0.15, -0.1) is 0 Å². The molecule has 1 N–H and O–H groups in total.